The van der Waals surface area contributed by atoms with Crippen LogP contribution in [-0.4, -0.2) is 44.8 Å². The number of hydrogen-bond acceptors (Lipinski definition) is 9. The molecule has 4 aromatic rings. The quantitative estimate of drug-likeness (QED) is 0.0838. The molecule has 1 aromatic heterocycles. The maximum absolute atomic E-state index is 12.4. The topological polar surface area (TPSA) is 173 Å². The zero-order valence-electron chi connectivity index (χ0n) is 26.2. The largest absolute Gasteiger partial charge is 0.478 e. The van der Waals surface area contributed by atoms with E-state index in [9.17, 15) is 24.6 Å². The van der Waals surface area contributed by atoms with Crippen molar-refractivity contribution in [1.29, 1.82) is 0 Å². The van der Waals surface area contributed by atoms with Crippen LogP contribution in [0.4, 0.5) is 11.4 Å². The number of thioether (sulfide) groups is 1. The number of nitrogens with two attached hydrogens (primary N) is 1. The van der Waals surface area contributed by atoms with Crippen molar-refractivity contribution in [2.24, 2.45) is 0 Å². The molecule has 48 heavy (non-hydrogen) atoms. The fourth-order valence-corrected chi connectivity index (χ4v) is 6.18. The maximum atomic E-state index is 12.4. The Morgan fingerprint density at radius 2 is 1.58 bits per heavy atom. The minimum Gasteiger partial charge on any atom is -0.478 e. The van der Waals surface area contributed by atoms with Crippen molar-refractivity contribution in [1.82, 2.24) is 10.3 Å². The SMILES string of the molecule is Nc1ccccc1NC(=O)CCCC(=O)NCc1ccc([C@H]2O[C@@H](CSc3ncccc3C(=O)O)C[C@@H](c3ccc(CO)cc3)O2)cc1. The summed E-state index contributed by atoms with van der Waals surface area (Å²) < 4.78 is 12.8. The number of aromatic carboxylic acids is 1. The molecule has 3 atom stereocenters. The van der Waals surface area contributed by atoms with Crippen LogP contribution in [0, 0.1) is 0 Å². The third-order valence-electron chi connectivity index (χ3n) is 7.81. The Labute approximate surface area is 282 Å². The number of amides is 2. The lowest BCUT2D eigenvalue weighted by molar-refractivity contribution is -0.245. The zero-order valence-corrected chi connectivity index (χ0v) is 27.0. The molecule has 0 bridgehead atoms. The Hall–Kier alpha value is -4.75. The van der Waals surface area contributed by atoms with Crippen molar-refractivity contribution < 1.29 is 34.1 Å². The van der Waals surface area contributed by atoms with Crippen molar-refractivity contribution in [3.05, 3.63) is 119 Å². The summed E-state index contributed by atoms with van der Waals surface area (Å²) in [6.45, 7) is 0.273. The van der Waals surface area contributed by atoms with Crippen molar-refractivity contribution in [3.8, 4) is 0 Å². The van der Waals surface area contributed by atoms with Gasteiger partial charge in [-0.2, -0.15) is 0 Å². The maximum Gasteiger partial charge on any atom is 0.338 e. The normalized spacial score (nSPS) is 17.4. The Balaban J connectivity index is 1.16. The number of aliphatic hydroxyl groups excluding tert-OH is 1. The van der Waals surface area contributed by atoms with E-state index in [1.807, 2.05) is 48.5 Å². The number of carboxylic acid groups (broad SMARTS) is 1. The number of aromatic nitrogens is 1. The van der Waals surface area contributed by atoms with E-state index in [1.165, 1.54) is 17.8 Å². The minimum absolute atomic E-state index is 0.0541. The minimum atomic E-state index is -1.04. The molecule has 1 saturated heterocycles. The van der Waals surface area contributed by atoms with Gasteiger partial charge in [-0.3, -0.25) is 9.59 Å². The van der Waals surface area contributed by atoms with E-state index in [4.69, 9.17) is 15.2 Å². The summed E-state index contributed by atoms with van der Waals surface area (Å²) in [7, 11) is 0. The highest BCUT2D eigenvalue weighted by Gasteiger charge is 2.32. The molecule has 6 N–H and O–H groups in total. The van der Waals surface area contributed by atoms with Crippen LogP contribution in [0.25, 0.3) is 0 Å². The number of hydrogen-bond donors (Lipinski definition) is 5. The summed E-state index contributed by atoms with van der Waals surface area (Å²) in [6.07, 6.45) is 1.68. The van der Waals surface area contributed by atoms with Gasteiger partial charge in [0.05, 0.1) is 35.8 Å². The van der Waals surface area contributed by atoms with Gasteiger partial charge in [0.15, 0.2) is 6.29 Å². The number of rotatable bonds is 14. The number of benzene rings is 3. The van der Waals surface area contributed by atoms with E-state index in [0.29, 0.717) is 41.5 Å². The first-order valence-corrected chi connectivity index (χ1v) is 16.6. The molecule has 250 valence electrons. The van der Waals surface area contributed by atoms with Gasteiger partial charge in [-0.1, -0.05) is 60.7 Å². The highest BCUT2D eigenvalue weighted by Crippen LogP contribution is 2.39. The van der Waals surface area contributed by atoms with Crippen LogP contribution in [-0.2, 0) is 32.2 Å². The molecule has 5 rings (SSSR count). The van der Waals surface area contributed by atoms with Crippen molar-refractivity contribution in [3.63, 3.8) is 0 Å². The second-order valence-corrected chi connectivity index (χ2v) is 12.3. The molecule has 0 aliphatic carbocycles. The summed E-state index contributed by atoms with van der Waals surface area (Å²) in [6, 6.07) is 25.3. The van der Waals surface area contributed by atoms with Crippen molar-refractivity contribution >= 4 is 40.9 Å². The standard InChI is InChI=1S/C36H38N4O7S/c37-29-6-1-2-7-30(29)40-33(43)9-3-8-32(42)39-20-23-10-16-26(17-11-23)36-46-27(22-48-34-28(35(44)45)5-4-18-38-34)19-31(47-36)25-14-12-24(21-41)13-15-25/h1-2,4-7,10-18,27,31,36,41H,3,8-9,19-22,37H2,(H,39,42)(H,40,43)(H,44,45)/t27-,31+,36+/m1/s1. The van der Waals surface area contributed by atoms with Crippen molar-refractivity contribution in [2.75, 3.05) is 16.8 Å². The summed E-state index contributed by atoms with van der Waals surface area (Å²) in [5.74, 6) is -0.921. The Bertz CT molecular complexity index is 1700. The number of carbonyl (C=O) groups excluding carboxylic acids is 2. The molecule has 2 heterocycles. The molecule has 11 nitrogen and oxygen atoms in total. The van der Waals surface area contributed by atoms with Crippen LogP contribution in [0.3, 0.4) is 0 Å². The molecule has 1 aliphatic rings. The first-order chi connectivity index (χ1) is 23.3. The van der Waals surface area contributed by atoms with E-state index >= 15 is 0 Å². The molecule has 2 amide bonds. The molecular weight excluding hydrogens is 632 g/mol. The number of ether oxygens (including phenoxy) is 2. The third-order valence-corrected chi connectivity index (χ3v) is 8.94. The number of carbonyl (C=O) groups is 3. The highest BCUT2D eigenvalue weighted by molar-refractivity contribution is 7.99. The van der Waals surface area contributed by atoms with Gasteiger partial charge >= 0.3 is 5.97 Å². The Morgan fingerprint density at radius 1 is 0.875 bits per heavy atom. The van der Waals surface area contributed by atoms with Crippen LogP contribution in [0.1, 0.15) is 70.7 Å². The average Bonchev–Trinajstić information content (AvgIpc) is 3.11. The molecule has 12 heteroatoms. The lowest BCUT2D eigenvalue weighted by atomic mass is 10.0. The third kappa shape index (κ3) is 9.64. The van der Waals surface area contributed by atoms with Crippen LogP contribution >= 0.6 is 11.8 Å². The molecule has 0 unspecified atom stereocenters. The van der Waals surface area contributed by atoms with E-state index in [0.717, 1.165) is 22.3 Å². The highest BCUT2D eigenvalue weighted by atomic mass is 32.2. The van der Waals surface area contributed by atoms with E-state index in [-0.39, 0.29) is 49.0 Å². The molecule has 1 aliphatic heterocycles. The fraction of sp³-hybridized carbons (Fsp3) is 0.278. The van der Waals surface area contributed by atoms with Crippen LogP contribution in [0.5, 0.6) is 0 Å². The predicted molar refractivity (Wildman–Crippen MR) is 182 cm³/mol. The van der Waals surface area contributed by atoms with Gasteiger partial charge < -0.3 is 36.1 Å². The summed E-state index contributed by atoms with van der Waals surface area (Å²) in [4.78, 5) is 40.6. The monoisotopic (exact) mass is 670 g/mol. The van der Waals surface area contributed by atoms with Gasteiger partial charge in [-0.05, 0) is 47.4 Å². The second-order valence-electron chi connectivity index (χ2n) is 11.3. The van der Waals surface area contributed by atoms with Gasteiger partial charge in [0, 0.05) is 43.3 Å². The molecular formula is C36H38N4O7S. The average molecular weight is 671 g/mol. The van der Waals surface area contributed by atoms with Gasteiger partial charge in [0.1, 0.15) is 5.03 Å². The van der Waals surface area contributed by atoms with E-state index in [1.54, 1.807) is 36.5 Å². The number of nitrogens with one attached hydrogen (secondary N) is 2. The van der Waals surface area contributed by atoms with Crippen LogP contribution in [0.2, 0.25) is 0 Å². The van der Waals surface area contributed by atoms with E-state index in [2.05, 4.69) is 15.6 Å². The number of anilines is 2. The fourth-order valence-electron chi connectivity index (χ4n) is 5.18. The summed E-state index contributed by atoms with van der Waals surface area (Å²) in [5.41, 5.74) is 10.5. The molecule has 0 saturated carbocycles. The molecule has 3 aromatic carbocycles. The number of para-hydroxylation sites is 2. The predicted octanol–water partition coefficient (Wildman–Crippen LogP) is 5.62. The van der Waals surface area contributed by atoms with E-state index < -0.39 is 12.3 Å². The first kappa shape index (κ1) is 34.6. The number of nitrogen functional groups attached to an aromatic ring is 1. The molecule has 0 spiro atoms. The van der Waals surface area contributed by atoms with Gasteiger partial charge in [-0.25, -0.2) is 9.78 Å². The van der Waals surface area contributed by atoms with Crippen LogP contribution < -0.4 is 16.4 Å². The van der Waals surface area contributed by atoms with Gasteiger partial charge in [-0.15, -0.1) is 11.8 Å². The number of aliphatic hydroxyl groups is 1. The lowest BCUT2D eigenvalue weighted by Gasteiger charge is -2.36. The summed E-state index contributed by atoms with van der Waals surface area (Å²) in [5, 5.41) is 25.1. The van der Waals surface area contributed by atoms with Crippen LogP contribution in [0.15, 0.2) is 96.2 Å². The van der Waals surface area contributed by atoms with Gasteiger partial charge in [0.25, 0.3) is 0 Å². The smallest absolute Gasteiger partial charge is 0.338 e. The van der Waals surface area contributed by atoms with Crippen molar-refractivity contribution in [2.45, 2.75) is 62.4 Å². The Kier molecular flexibility index (Phi) is 12.2. The summed E-state index contributed by atoms with van der Waals surface area (Å²) >= 11 is 1.33. The molecule has 1 fully saturated rings. The molecule has 0 radical (unpaired) electrons. The number of nitrogens with zero attached hydrogens (tertiary/aromatic N) is 1. The first-order valence-electron chi connectivity index (χ1n) is 15.6. The number of carboxylic acids is 1. The van der Waals surface area contributed by atoms with Gasteiger partial charge in [0.2, 0.25) is 11.8 Å². The second kappa shape index (κ2) is 16.9. The number of pyridine rings is 1. The Morgan fingerprint density at radius 3 is 2.31 bits per heavy atom. The zero-order chi connectivity index (χ0) is 33.9. The lowest BCUT2D eigenvalue weighted by Crippen LogP contribution is -2.31.